The van der Waals surface area contributed by atoms with Crippen molar-refractivity contribution >= 4 is 34.7 Å². The Morgan fingerprint density at radius 1 is 1.12 bits per heavy atom. The zero-order valence-electron chi connectivity index (χ0n) is 17.2. The number of imidazole rings is 1. The smallest absolute Gasteiger partial charge is 0.252 e. The summed E-state index contributed by atoms with van der Waals surface area (Å²) in [5.41, 5.74) is 4.59. The topological polar surface area (TPSA) is 75.5 Å². The van der Waals surface area contributed by atoms with Gasteiger partial charge in [0.15, 0.2) is 0 Å². The van der Waals surface area contributed by atoms with Crippen LogP contribution in [-0.2, 0) is 4.79 Å². The SMILES string of the molecule is Cc1cccn2cc(-c3ccc(NC(=O)CCNC(=O)c4ccc(F)cc4Cl)cc3)nc12. The van der Waals surface area contributed by atoms with E-state index in [0.29, 0.717) is 5.69 Å². The largest absolute Gasteiger partial charge is 0.351 e. The van der Waals surface area contributed by atoms with E-state index >= 15 is 0 Å². The fourth-order valence-electron chi connectivity index (χ4n) is 3.30. The van der Waals surface area contributed by atoms with Gasteiger partial charge in [-0.1, -0.05) is 29.8 Å². The quantitative estimate of drug-likeness (QED) is 0.440. The third kappa shape index (κ3) is 4.78. The van der Waals surface area contributed by atoms with E-state index in [1.165, 1.54) is 6.07 Å². The van der Waals surface area contributed by atoms with E-state index in [0.717, 1.165) is 34.6 Å². The molecule has 0 bridgehead atoms. The molecular weight excluding hydrogens is 431 g/mol. The van der Waals surface area contributed by atoms with Crippen molar-refractivity contribution in [1.82, 2.24) is 14.7 Å². The second kappa shape index (κ2) is 9.20. The molecule has 4 rings (SSSR count). The number of carbonyl (C=O) groups is 2. The van der Waals surface area contributed by atoms with Gasteiger partial charge in [-0.15, -0.1) is 0 Å². The predicted molar refractivity (Wildman–Crippen MR) is 122 cm³/mol. The van der Waals surface area contributed by atoms with E-state index in [2.05, 4.69) is 15.6 Å². The summed E-state index contributed by atoms with van der Waals surface area (Å²) >= 11 is 5.87. The van der Waals surface area contributed by atoms with Gasteiger partial charge in [-0.3, -0.25) is 9.59 Å². The van der Waals surface area contributed by atoms with Gasteiger partial charge >= 0.3 is 0 Å². The van der Waals surface area contributed by atoms with Crippen LogP contribution >= 0.6 is 11.6 Å². The second-order valence-corrected chi connectivity index (χ2v) is 7.71. The van der Waals surface area contributed by atoms with Crippen LogP contribution in [0.25, 0.3) is 16.9 Å². The maximum absolute atomic E-state index is 13.1. The summed E-state index contributed by atoms with van der Waals surface area (Å²) in [5.74, 6) is -1.23. The molecule has 0 aliphatic rings. The Balaban J connectivity index is 1.31. The normalized spacial score (nSPS) is 10.8. The highest BCUT2D eigenvalue weighted by molar-refractivity contribution is 6.33. The lowest BCUT2D eigenvalue weighted by atomic mass is 10.1. The first-order valence-corrected chi connectivity index (χ1v) is 10.4. The molecule has 2 amide bonds. The number of anilines is 1. The number of nitrogens with zero attached hydrogens (tertiary/aromatic N) is 2. The number of hydrogen-bond acceptors (Lipinski definition) is 3. The predicted octanol–water partition coefficient (Wildman–Crippen LogP) is 4.86. The van der Waals surface area contributed by atoms with Crippen LogP contribution in [0.2, 0.25) is 5.02 Å². The number of nitrogens with one attached hydrogen (secondary N) is 2. The van der Waals surface area contributed by atoms with Crippen LogP contribution in [0.1, 0.15) is 22.3 Å². The van der Waals surface area contributed by atoms with E-state index in [9.17, 15) is 14.0 Å². The van der Waals surface area contributed by atoms with E-state index in [1.54, 1.807) is 12.1 Å². The third-order valence-corrected chi connectivity index (χ3v) is 5.27. The number of aromatic nitrogens is 2. The second-order valence-electron chi connectivity index (χ2n) is 7.30. The van der Waals surface area contributed by atoms with Gasteiger partial charge in [-0.05, 0) is 48.9 Å². The zero-order chi connectivity index (χ0) is 22.7. The molecule has 0 unspecified atom stereocenters. The molecule has 6 nitrogen and oxygen atoms in total. The first-order chi connectivity index (χ1) is 15.4. The average molecular weight is 451 g/mol. The first kappa shape index (κ1) is 21.5. The molecule has 32 heavy (non-hydrogen) atoms. The Labute approximate surface area is 189 Å². The number of fused-ring (bicyclic) bond motifs is 1. The summed E-state index contributed by atoms with van der Waals surface area (Å²) in [5, 5.41) is 5.42. The summed E-state index contributed by atoms with van der Waals surface area (Å²) in [6.45, 7) is 2.14. The maximum Gasteiger partial charge on any atom is 0.252 e. The minimum Gasteiger partial charge on any atom is -0.351 e. The molecule has 2 heterocycles. The number of carbonyl (C=O) groups excluding carboxylic acids is 2. The van der Waals surface area contributed by atoms with Crippen molar-refractivity contribution in [3.8, 4) is 11.3 Å². The van der Waals surface area contributed by atoms with Crippen LogP contribution in [0, 0.1) is 12.7 Å². The fraction of sp³-hybridized carbons (Fsp3) is 0.125. The van der Waals surface area contributed by atoms with Gasteiger partial charge in [0.1, 0.15) is 11.5 Å². The number of amides is 2. The number of hydrogen-bond donors (Lipinski definition) is 2. The number of benzene rings is 2. The van der Waals surface area contributed by atoms with Crippen molar-refractivity contribution in [2.45, 2.75) is 13.3 Å². The van der Waals surface area contributed by atoms with Crippen molar-refractivity contribution in [1.29, 1.82) is 0 Å². The number of pyridine rings is 1. The highest BCUT2D eigenvalue weighted by Crippen LogP contribution is 2.22. The van der Waals surface area contributed by atoms with Gasteiger partial charge in [-0.25, -0.2) is 9.37 Å². The lowest BCUT2D eigenvalue weighted by Crippen LogP contribution is -2.27. The highest BCUT2D eigenvalue weighted by Gasteiger charge is 2.12. The Kier molecular flexibility index (Phi) is 6.18. The summed E-state index contributed by atoms with van der Waals surface area (Å²) in [6, 6.07) is 14.9. The number of halogens is 2. The lowest BCUT2D eigenvalue weighted by molar-refractivity contribution is -0.116. The summed E-state index contributed by atoms with van der Waals surface area (Å²) in [7, 11) is 0. The van der Waals surface area contributed by atoms with Crippen LogP contribution in [0.3, 0.4) is 0 Å². The van der Waals surface area contributed by atoms with Crippen LogP contribution in [-0.4, -0.2) is 27.7 Å². The Morgan fingerprint density at radius 2 is 1.91 bits per heavy atom. The zero-order valence-corrected chi connectivity index (χ0v) is 18.0. The van der Waals surface area contributed by atoms with E-state index in [1.807, 2.05) is 48.0 Å². The van der Waals surface area contributed by atoms with Gasteiger partial charge in [0.25, 0.3) is 5.91 Å². The molecule has 2 aromatic heterocycles. The lowest BCUT2D eigenvalue weighted by Gasteiger charge is -2.08. The van der Waals surface area contributed by atoms with Gasteiger partial charge in [-0.2, -0.15) is 0 Å². The van der Waals surface area contributed by atoms with E-state index in [4.69, 9.17) is 11.6 Å². The molecule has 4 aromatic rings. The Hall–Kier alpha value is -3.71. The molecular formula is C24H20ClFN4O2. The minimum atomic E-state index is -0.520. The van der Waals surface area contributed by atoms with Crippen molar-refractivity contribution < 1.29 is 14.0 Å². The molecule has 0 aliphatic heterocycles. The molecule has 2 aromatic carbocycles. The van der Waals surface area contributed by atoms with Crippen LogP contribution in [0.5, 0.6) is 0 Å². The van der Waals surface area contributed by atoms with E-state index < -0.39 is 11.7 Å². The Morgan fingerprint density at radius 3 is 2.62 bits per heavy atom. The van der Waals surface area contributed by atoms with E-state index in [-0.39, 0.29) is 29.5 Å². The van der Waals surface area contributed by atoms with Crippen LogP contribution < -0.4 is 10.6 Å². The standard InChI is InChI=1S/C24H20ClFN4O2/c1-15-3-2-12-30-14-21(29-23(15)30)16-4-7-18(8-5-16)28-22(31)10-11-27-24(32)19-9-6-17(26)13-20(19)25/h2-9,12-14H,10-11H2,1H3,(H,27,32)(H,28,31). The van der Waals surface area contributed by atoms with Gasteiger partial charge in [0, 0.05) is 36.6 Å². The molecule has 0 radical (unpaired) electrons. The molecule has 0 atom stereocenters. The van der Waals surface area contributed by atoms with Crippen LogP contribution in [0.15, 0.2) is 67.0 Å². The molecule has 0 fully saturated rings. The van der Waals surface area contributed by atoms with Crippen molar-refractivity contribution in [3.05, 3.63) is 89.0 Å². The average Bonchev–Trinajstić information content (AvgIpc) is 3.20. The fourth-order valence-corrected chi connectivity index (χ4v) is 3.55. The van der Waals surface area contributed by atoms with Gasteiger partial charge in [0.05, 0.1) is 16.3 Å². The molecule has 0 saturated heterocycles. The number of rotatable bonds is 6. The molecule has 2 N–H and O–H groups in total. The highest BCUT2D eigenvalue weighted by atomic mass is 35.5. The maximum atomic E-state index is 13.1. The summed E-state index contributed by atoms with van der Waals surface area (Å²) in [4.78, 5) is 29.0. The Bertz CT molecular complexity index is 1300. The third-order valence-electron chi connectivity index (χ3n) is 4.96. The van der Waals surface area contributed by atoms with Gasteiger partial charge < -0.3 is 15.0 Å². The minimum absolute atomic E-state index is 0.0211. The molecule has 162 valence electrons. The monoisotopic (exact) mass is 450 g/mol. The van der Waals surface area contributed by atoms with Gasteiger partial charge in [0.2, 0.25) is 5.91 Å². The molecule has 0 saturated carbocycles. The molecule has 8 heteroatoms. The number of aryl methyl sites for hydroxylation is 1. The van der Waals surface area contributed by atoms with Crippen molar-refractivity contribution in [2.24, 2.45) is 0 Å². The van der Waals surface area contributed by atoms with Crippen molar-refractivity contribution in [3.63, 3.8) is 0 Å². The molecule has 0 aliphatic carbocycles. The molecule has 0 spiro atoms. The first-order valence-electron chi connectivity index (χ1n) is 9.98. The van der Waals surface area contributed by atoms with Crippen molar-refractivity contribution in [2.75, 3.05) is 11.9 Å². The summed E-state index contributed by atoms with van der Waals surface area (Å²) in [6.07, 6.45) is 4.00. The summed E-state index contributed by atoms with van der Waals surface area (Å²) < 4.78 is 15.1. The van der Waals surface area contributed by atoms with Crippen LogP contribution in [0.4, 0.5) is 10.1 Å².